The lowest BCUT2D eigenvalue weighted by Crippen LogP contribution is -2.05. The van der Waals surface area contributed by atoms with Gasteiger partial charge in [-0.3, -0.25) is 0 Å². The first-order valence-electron chi connectivity index (χ1n) is 7.83. The molecular weight excluding hydrogens is 462 g/mol. The largest absolute Gasteiger partial charge is 0.647 e. The smallest absolute Gasteiger partial charge is 0.386 e. The molecule has 0 aromatic heterocycles. The lowest BCUT2D eigenvalue weighted by atomic mass is 10.2. The van der Waals surface area contributed by atoms with Crippen molar-refractivity contribution in [2.75, 3.05) is 0 Å². The SMILES string of the molecule is O=P(O/C(=C/I)c1ccccc1)(Oc1ccccc1)Oc1ccccc1. The van der Waals surface area contributed by atoms with Crippen LogP contribution < -0.4 is 9.05 Å². The van der Waals surface area contributed by atoms with Crippen LogP contribution in [0.2, 0.25) is 0 Å². The number of phosphoric acid groups is 1. The molecule has 132 valence electrons. The number of rotatable bonds is 7. The Labute approximate surface area is 166 Å². The Bertz CT molecular complexity index is 853. The molecule has 0 aliphatic carbocycles. The third-order valence-corrected chi connectivity index (χ3v) is 5.14. The Hall–Kier alpha value is -2.24. The van der Waals surface area contributed by atoms with Crippen molar-refractivity contribution in [3.63, 3.8) is 0 Å². The Morgan fingerprint density at radius 2 is 1.15 bits per heavy atom. The summed E-state index contributed by atoms with van der Waals surface area (Å²) in [6.07, 6.45) is 0. The number of hydrogen-bond donors (Lipinski definition) is 0. The van der Waals surface area contributed by atoms with E-state index in [-0.39, 0.29) is 0 Å². The maximum Gasteiger partial charge on any atom is 0.647 e. The van der Waals surface area contributed by atoms with E-state index >= 15 is 0 Å². The van der Waals surface area contributed by atoms with Gasteiger partial charge in [-0.1, -0.05) is 66.7 Å². The molecule has 4 nitrogen and oxygen atoms in total. The fourth-order valence-electron chi connectivity index (χ4n) is 2.14. The van der Waals surface area contributed by atoms with Crippen LogP contribution in [0, 0.1) is 0 Å². The van der Waals surface area contributed by atoms with Crippen LogP contribution in [-0.4, -0.2) is 0 Å². The van der Waals surface area contributed by atoms with Crippen LogP contribution >= 0.6 is 30.4 Å². The molecule has 0 bridgehead atoms. The van der Waals surface area contributed by atoms with Crippen LogP contribution in [0.3, 0.4) is 0 Å². The summed E-state index contributed by atoms with van der Waals surface area (Å²) in [6, 6.07) is 27.0. The maximum absolute atomic E-state index is 13.4. The molecule has 6 heteroatoms. The molecule has 3 aromatic rings. The lowest BCUT2D eigenvalue weighted by molar-refractivity contribution is 0.285. The van der Waals surface area contributed by atoms with E-state index in [0.29, 0.717) is 17.3 Å². The molecule has 0 unspecified atom stereocenters. The monoisotopic (exact) mass is 478 g/mol. The fourth-order valence-corrected chi connectivity index (χ4v) is 4.09. The van der Waals surface area contributed by atoms with Crippen LogP contribution in [0.15, 0.2) is 95.1 Å². The molecule has 0 aliphatic rings. The molecule has 0 amide bonds. The molecular formula is C20H16IO4P. The van der Waals surface area contributed by atoms with Crippen molar-refractivity contribution in [1.82, 2.24) is 0 Å². The molecule has 0 saturated carbocycles. The zero-order valence-corrected chi connectivity index (χ0v) is 16.7. The second kappa shape index (κ2) is 8.92. The van der Waals surface area contributed by atoms with E-state index in [9.17, 15) is 4.57 Å². The molecule has 0 heterocycles. The third-order valence-electron chi connectivity index (χ3n) is 3.29. The van der Waals surface area contributed by atoms with E-state index in [1.54, 1.807) is 52.6 Å². The predicted molar refractivity (Wildman–Crippen MR) is 111 cm³/mol. The normalized spacial score (nSPS) is 11.7. The first-order chi connectivity index (χ1) is 12.7. The van der Waals surface area contributed by atoms with E-state index in [1.165, 1.54) is 0 Å². The number of benzene rings is 3. The van der Waals surface area contributed by atoms with Crippen molar-refractivity contribution in [2.45, 2.75) is 0 Å². The van der Waals surface area contributed by atoms with Crippen LogP contribution in [-0.2, 0) is 9.09 Å². The molecule has 26 heavy (non-hydrogen) atoms. The van der Waals surface area contributed by atoms with Gasteiger partial charge in [-0.25, -0.2) is 0 Å². The van der Waals surface area contributed by atoms with Crippen molar-refractivity contribution in [3.05, 3.63) is 101 Å². The van der Waals surface area contributed by atoms with Crippen molar-refractivity contribution < 1.29 is 18.1 Å². The summed E-state index contributed by atoms with van der Waals surface area (Å²) in [5.41, 5.74) is 0.774. The molecule has 3 rings (SSSR count). The zero-order chi connectivity index (χ0) is 18.2. The van der Waals surface area contributed by atoms with Gasteiger partial charge >= 0.3 is 7.82 Å². The Balaban J connectivity index is 1.90. The number of hydrogen-bond acceptors (Lipinski definition) is 4. The summed E-state index contributed by atoms with van der Waals surface area (Å²) < 4.78 is 32.1. The standard InChI is InChI=1S/C20H16IO4P/c21-16-20(17-10-4-1-5-11-17)25-26(22,23-18-12-6-2-7-13-18)24-19-14-8-3-9-15-19/h1-16H/b20-16+. The minimum absolute atomic E-state index is 0.396. The van der Waals surface area contributed by atoms with Gasteiger partial charge in [0.25, 0.3) is 0 Å². The van der Waals surface area contributed by atoms with E-state index in [0.717, 1.165) is 5.56 Å². The van der Waals surface area contributed by atoms with E-state index in [4.69, 9.17) is 13.6 Å². The molecule has 0 saturated heterocycles. The number of phosphoric ester groups is 1. The summed E-state index contributed by atoms with van der Waals surface area (Å²) in [5, 5.41) is 0. The summed E-state index contributed by atoms with van der Waals surface area (Å²) in [7, 11) is -3.97. The summed E-state index contributed by atoms with van der Waals surface area (Å²) in [6.45, 7) is 0. The van der Waals surface area contributed by atoms with Crippen LogP contribution in [0.1, 0.15) is 5.56 Å². The van der Waals surface area contributed by atoms with E-state index in [1.807, 2.05) is 65.1 Å². The van der Waals surface area contributed by atoms with E-state index < -0.39 is 7.82 Å². The van der Waals surface area contributed by atoms with Crippen molar-refractivity contribution in [2.24, 2.45) is 0 Å². The maximum atomic E-state index is 13.4. The zero-order valence-electron chi connectivity index (χ0n) is 13.7. The lowest BCUT2D eigenvalue weighted by Gasteiger charge is -2.20. The molecule has 0 aliphatic heterocycles. The number of para-hydroxylation sites is 2. The van der Waals surface area contributed by atoms with Crippen LogP contribution in [0.5, 0.6) is 11.5 Å². The van der Waals surface area contributed by atoms with Gasteiger partial charge in [0.1, 0.15) is 17.3 Å². The van der Waals surface area contributed by atoms with Gasteiger partial charge in [0.05, 0.1) is 0 Å². The highest BCUT2D eigenvalue weighted by molar-refractivity contribution is 14.1. The highest BCUT2D eigenvalue weighted by Crippen LogP contribution is 2.52. The van der Waals surface area contributed by atoms with E-state index in [2.05, 4.69) is 0 Å². The Morgan fingerprint density at radius 1 is 0.731 bits per heavy atom. The van der Waals surface area contributed by atoms with Crippen molar-refractivity contribution in [3.8, 4) is 11.5 Å². The average molecular weight is 478 g/mol. The molecule has 3 aromatic carbocycles. The van der Waals surface area contributed by atoms with Crippen LogP contribution in [0.25, 0.3) is 5.76 Å². The topological polar surface area (TPSA) is 44.8 Å². The summed E-state index contributed by atoms with van der Waals surface area (Å²) >= 11 is 2.04. The van der Waals surface area contributed by atoms with Gasteiger partial charge in [-0.2, -0.15) is 4.57 Å². The Morgan fingerprint density at radius 3 is 1.58 bits per heavy atom. The van der Waals surface area contributed by atoms with Crippen molar-refractivity contribution in [1.29, 1.82) is 0 Å². The number of halogens is 1. The van der Waals surface area contributed by atoms with Crippen LogP contribution in [0.4, 0.5) is 0 Å². The van der Waals surface area contributed by atoms with Gasteiger partial charge in [0.2, 0.25) is 0 Å². The van der Waals surface area contributed by atoms with Gasteiger partial charge in [-0.15, -0.1) is 0 Å². The molecule has 0 radical (unpaired) electrons. The minimum Gasteiger partial charge on any atom is -0.386 e. The molecule has 0 atom stereocenters. The minimum atomic E-state index is -3.97. The Kier molecular flexibility index (Phi) is 6.36. The summed E-state index contributed by atoms with van der Waals surface area (Å²) in [5.74, 6) is 1.20. The highest BCUT2D eigenvalue weighted by atomic mass is 127. The van der Waals surface area contributed by atoms with Gasteiger partial charge in [0, 0.05) is 9.65 Å². The summed E-state index contributed by atoms with van der Waals surface area (Å²) in [4.78, 5) is 0. The quantitative estimate of drug-likeness (QED) is 0.215. The van der Waals surface area contributed by atoms with Gasteiger partial charge in [0.15, 0.2) is 0 Å². The molecule has 0 spiro atoms. The average Bonchev–Trinajstić information content (AvgIpc) is 2.68. The molecule has 0 fully saturated rings. The second-order valence-corrected chi connectivity index (χ2v) is 7.25. The highest BCUT2D eigenvalue weighted by Gasteiger charge is 2.34. The third kappa shape index (κ3) is 5.13. The van der Waals surface area contributed by atoms with Gasteiger partial charge < -0.3 is 13.6 Å². The van der Waals surface area contributed by atoms with Crippen molar-refractivity contribution >= 4 is 36.2 Å². The predicted octanol–water partition coefficient (Wildman–Crippen LogP) is 6.70. The first kappa shape index (κ1) is 18.5. The first-order valence-corrected chi connectivity index (χ1v) is 10.5. The van der Waals surface area contributed by atoms with Gasteiger partial charge in [-0.05, 0) is 46.9 Å². The fraction of sp³-hybridized carbons (Fsp3) is 0. The second-order valence-electron chi connectivity index (χ2n) is 5.19. The molecule has 0 N–H and O–H groups in total.